The molecule has 0 aliphatic heterocycles. The van der Waals surface area contributed by atoms with Crippen LogP contribution < -0.4 is 5.73 Å². The van der Waals surface area contributed by atoms with Crippen LogP contribution in [0, 0.1) is 5.92 Å². The Morgan fingerprint density at radius 3 is 2.58 bits per heavy atom. The van der Waals surface area contributed by atoms with Crippen LogP contribution in [0.4, 0.5) is 0 Å². The Hall–Kier alpha value is -1.05. The Kier molecular flexibility index (Phi) is 5.84. The van der Waals surface area contributed by atoms with Crippen LogP contribution in [-0.4, -0.2) is 42.0 Å². The number of sulfonamides is 1. The first-order chi connectivity index (χ1) is 8.83. The molecule has 0 bridgehead atoms. The zero-order valence-corrected chi connectivity index (χ0v) is 12.7. The zero-order chi connectivity index (χ0) is 14.5. The standard InChI is InChI=1S/C12H19N3O2S2/c1-10(12(13)18)9-15(2)19(16,17)8-5-11-3-6-14-7-4-11/h3-4,6-7,10H,5,8-9H2,1-2H3,(H2,13,18). The highest BCUT2D eigenvalue weighted by molar-refractivity contribution is 7.89. The summed E-state index contributed by atoms with van der Waals surface area (Å²) in [6, 6.07) is 3.63. The highest BCUT2D eigenvalue weighted by Crippen LogP contribution is 2.07. The van der Waals surface area contributed by atoms with E-state index >= 15 is 0 Å². The van der Waals surface area contributed by atoms with E-state index in [-0.39, 0.29) is 11.7 Å². The second-order valence-corrected chi connectivity index (χ2v) is 7.17. The van der Waals surface area contributed by atoms with E-state index in [9.17, 15) is 8.42 Å². The zero-order valence-electron chi connectivity index (χ0n) is 11.1. The summed E-state index contributed by atoms with van der Waals surface area (Å²) in [4.78, 5) is 4.23. The van der Waals surface area contributed by atoms with Crippen molar-refractivity contribution in [1.29, 1.82) is 0 Å². The van der Waals surface area contributed by atoms with E-state index in [1.54, 1.807) is 19.4 Å². The average Bonchev–Trinajstić information content (AvgIpc) is 2.37. The quantitative estimate of drug-likeness (QED) is 0.754. The van der Waals surface area contributed by atoms with E-state index in [1.165, 1.54) is 4.31 Å². The monoisotopic (exact) mass is 301 g/mol. The minimum absolute atomic E-state index is 0.0670. The molecule has 1 heterocycles. The van der Waals surface area contributed by atoms with Gasteiger partial charge < -0.3 is 5.73 Å². The molecule has 0 aliphatic carbocycles. The second kappa shape index (κ2) is 6.93. The lowest BCUT2D eigenvalue weighted by atomic mass is 10.2. The summed E-state index contributed by atoms with van der Waals surface area (Å²) in [5, 5.41) is 0. The van der Waals surface area contributed by atoms with Crippen molar-refractivity contribution in [1.82, 2.24) is 9.29 Å². The van der Waals surface area contributed by atoms with E-state index in [0.29, 0.717) is 18.0 Å². The lowest BCUT2D eigenvalue weighted by molar-refractivity contribution is 0.445. The minimum Gasteiger partial charge on any atom is -0.393 e. The molecule has 2 N–H and O–H groups in total. The molecule has 0 spiro atoms. The molecule has 0 saturated carbocycles. The predicted molar refractivity (Wildman–Crippen MR) is 80.3 cm³/mol. The van der Waals surface area contributed by atoms with Gasteiger partial charge in [0.1, 0.15) is 0 Å². The maximum absolute atomic E-state index is 12.1. The van der Waals surface area contributed by atoms with E-state index in [2.05, 4.69) is 4.98 Å². The van der Waals surface area contributed by atoms with Crippen molar-refractivity contribution in [2.24, 2.45) is 11.7 Å². The molecule has 106 valence electrons. The molecular formula is C12H19N3O2S2. The van der Waals surface area contributed by atoms with Crippen LogP contribution in [0.3, 0.4) is 0 Å². The number of nitrogens with two attached hydrogens (primary N) is 1. The van der Waals surface area contributed by atoms with Crippen LogP contribution in [0.25, 0.3) is 0 Å². The van der Waals surface area contributed by atoms with Gasteiger partial charge in [-0.3, -0.25) is 4.98 Å². The molecular weight excluding hydrogens is 282 g/mol. The lowest BCUT2D eigenvalue weighted by Gasteiger charge is -2.20. The van der Waals surface area contributed by atoms with Crippen molar-refractivity contribution in [3.05, 3.63) is 30.1 Å². The first kappa shape index (κ1) is 16.0. The Bertz CT molecular complexity index is 517. The Morgan fingerprint density at radius 1 is 1.47 bits per heavy atom. The fourth-order valence-electron chi connectivity index (χ4n) is 1.54. The van der Waals surface area contributed by atoms with Gasteiger partial charge in [-0.05, 0) is 24.1 Å². The Balaban J connectivity index is 2.58. The third-order valence-electron chi connectivity index (χ3n) is 2.89. The van der Waals surface area contributed by atoms with Crippen molar-refractivity contribution in [3.63, 3.8) is 0 Å². The molecule has 0 saturated heterocycles. The van der Waals surface area contributed by atoms with E-state index in [0.717, 1.165) is 5.56 Å². The summed E-state index contributed by atoms with van der Waals surface area (Å²) < 4.78 is 25.5. The molecule has 1 aromatic heterocycles. The molecule has 1 rings (SSSR count). The smallest absolute Gasteiger partial charge is 0.214 e. The third kappa shape index (κ3) is 5.22. The fraction of sp³-hybridized carbons (Fsp3) is 0.500. The molecule has 19 heavy (non-hydrogen) atoms. The minimum atomic E-state index is -3.29. The molecule has 7 heteroatoms. The highest BCUT2D eigenvalue weighted by Gasteiger charge is 2.20. The molecule has 0 radical (unpaired) electrons. The number of hydrogen-bond donors (Lipinski definition) is 1. The number of aromatic nitrogens is 1. The van der Waals surface area contributed by atoms with Gasteiger partial charge in [-0.1, -0.05) is 19.1 Å². The van der Waals surface area contributed by atoms with Gasteiger partial charge in [0.15, 0.2) is 0 Å². The van der Waals surface area contributed by atoms with Gasteiger partial charge in [-0.15, -0.1) is 0 Å². The molecule has 0 aliphatic rings. The number of aryl methyl sites for hydroxylation is 1. The number of nitrogens with zero attached hydrogens (tertiary/aromatic N) is 2. The molecule has 1 unspecified atom stereocenters. The summed E-state index contributed by atoms with van der Waals surface area (Å²) in [6.07, 6.45) is 3.78. The maximum atomic E-state index is 12.1. The first-order valence-electron chi connectivity index (χ1n) is 5.95. The summed E-state index contributed by atoms with van der Waals surface area (Å²) in [6.45, 7) is 2.13. The van der Waals surface area contributed by atoms with E-state index < -0.39 is 10.0 Å². The van der Waals surface area contributed by atoms with Gasteiger partial charge in [0.2, 0.25) is 10.0 Å². The van der Waals surface area contributed by atoms with Crippen molar-refractivity contribution < 1.29 is 8.42 Å². The van der Waals surface area contributed by atoms with Gasteiger partial charge in [0.25, 0.3) is 0 Å². The van der Waals surface area contributed by atoms with Gasteiger partial charge in [-0.25, -0.2) is 12.7 Å². The van der Waals surface area contributed by atoms with Crippen molar-refractivity contribution in [2.45, 2.75) is 13.3 Å². The van der Waals surface area contributed by atoms with Crippen molar-refractivity contribution >= 4 is 27.2 Å². The number of thiocarbonyl (C=S) groups is 1. The Labute approximate surface area is 119 Å². The van der Waals surface area contributed by atoms with Crippen LogP contribution >= 0.6 is 12.2 Å². The Morgan fingerprint density at radius 2 is 2.05 bits per heavy atom. The highest BCUT2D eigenvalue weighted by atomic mass is 32.2. The molecule has 0 fully saturated rings. The number of rotatable bonds is 7. The van der Waals surface area contributed by atoms with Crippen LogP contribution in [0.1, 0.15) is 12.5 Å². The molecule has 0 amide bonds. The predicted octanol–water partition coefficient (Wildman–Crippen LogP) is 0.808. The van der Waals surface area contributed by atoms with Crippen LogP contribution in [0.5, 0.6) is 0 Å². The average molecular weight is 301 g/mol. The molecule has 1 atom stereocenters. The van der Waals surface area contributed by atoms with E-state index in [4.69, 9.17) is 18.0 Å². The summed E-state index contributed by atoms with van der Waals surface area (Å²) in [7, 11) is -1.74. The maximum Gasteiger partial charge on any atom is 0.214 e. The van der Waals surface area contributed by atoms with Gasteiger partial charge in [-0.2, -0.15) is 0 Å². The fourth-order valence-corrected chi connectivity index (χ4v) is 2.87. The first-order valence-corrected chi connectivity index (χ1v) is 7.97. The van der Waals surface area contributed by atoms with Crippen LogP contribution in [0.2, 0.25) is 0 Å². The molecule has 0 aromatic carbocycles. The van der Waals surface area contributed by atoms with Crippen molar-refractivity contribution in [2.75, 3.05) is 19.3 Å². The number of hydrogen-bond acceptors (Lipinski definition) is 4. The SMILES string of the molecule is CC(CN(C)S(=O)(=O)CCc1ccncc1)C(N)=S. The van der Waals surface area contributed by atoms with Crippen LogP contribution in [-0.2, 0) is 16.4 Å². The third-order valence-corrected chi connectivity index (χ3v) is 5.11. The summed E-state index contributed by atoms with van der Waals surface area (Å²) in [5.74, 6) is -0.0620. The van der Waals surface area contributed by atoms with Crippen LogP contribution in [0.15, 0.2) is 24.5 Å². The van der Waals surface area contributed by atoms with Gasteiger partial charge in [0.05, 0.1) is 10.7 Å². The molecule has 1 aromatic rings. The van der Waals surface area contributed by atoms with E-state index in [1.807, 2.05) is 19.1 Å². The second-order valence-electron chi connectivity index (χ2n) is 4.51. The largest absolute Gasteiger partial charge is 0.393 e. The van der Waals surface area contributed by atoms with Gasteiger partial charge >= 0.3 is 0 Å². The topological polar surface area (TPSA) is 76.3 Å². The molecule has 5 nitrogen and oxygen atoms in total. The summed E-state index contributed by atoms with van der Waals surface area (Å²) in [5.41, 5.74) is 6.45. The van der Waals surface area contributed by atoms with Gasteiger partial charge in [0, 0.05) is 31.9 Å². The van der Waals surface area contributed by atoms with Crippen molar-refractivity contribution in [3.8, 4) is 0 Å². The normalized spacial score (nSPS) is 13.4. The lowest BCUT2D eigenvalue weighted by Crippen LogP contribution is -2.37. The number of pyridine rings is 1. The summed E-state index contributed by atoms with van der Waals surface area (Å²) >= 11 is 4.85.